The van der Waals surface area contributed by atoms with E-state index in [-0.39, 0.29) is 12.0 Å². The summed E-state index contributed by atoms with van der Waals surface area (Å²) in [7, 11) is 0. The van der Waals surface area contributed by atoms with E-state index in [1.165, 1.54) is 5.56 Å². The van der Waals surface area contributed by atoms with Gasteiger partial charge in [0.15, 0.2) is 5.41 Å². The molecule has 156 valence electrons. The molecule has 0 N–H and O–H groups in total. The van der Waals surface area contributed by atoms with Crippen molar-refractivity contribution in [3.63, 3.8) is 0 Å². The maximum Gasteiger partial charge on any atom is 0.329 e. The summed E-state index contributed by atoms with van der Waals surface area (Å²) in [5, 5.41) is 0. The van der Waals surface area contributed by atoms with Crippen LogP contribution in [0.15, 0.2) is 53.0 Å². The lowest BCUT2D eigenvalue weighted by Crippen LogP contribution is -2.67. The standard InChI is InChI=1S/C24H24BrNO4/c1-23(2)29-21(27)24(22(28)30-23)14-17-8-9-18(25)13-19(17)26-11-10-16(12-20(24)26)15-6-4-3-5-7-15/h3-9,13,16,20H,10-12,14H2,1-2H3. The number of halogens is 1. The lowest BCUT2D eigenvalue weighted by atomic mass is 9.65. The van der Waals surface area contributed by atoms with Gasteiger partial charge in [-0.3, -0.25) is 9.59 Å². The van der Waals surface area contributed by atoms with E-state index in [9.17, 15) is 9.59 Å². The average molecular weight is 470 g/mol. The van der Waals surface area contributed by atoms with Crippen molar-refractivity contribution >= 4 is 33.6 Å². The number of ether oxygens (including phenoxy) is 2. The third-order valence-electron chi connectivity index (χ3n) is 6.67. The third kappa shape index (κ3) is 2.96. The van der Waals surface area contributed by atoms with Gasteiger partial charge in [0, 0.05) is 37.0 Å². The molecule has 2 atom stereocenters. The van der Waals surface area contributed by atoms with Crippen molar-refractivity contribution in [1.82, 2.24) is 0 Å². The molecule has 2 unspecified atom stereocenters. The summed E-state index contributed by atoms with van der Waals surface area (Å²) in [5.74, 6) is -1.91. The SMILES string of the molecule is CC1(C)OC(=O)C2(Cc3ccc(Br)cc3N3CCC(c4ccccc4)CC32)C(=O)O1. The van der Waals surface area contributed by atoms with Crippen LogP contribution >= 0.6 is 15.9 Å². The molecule has 3 aliphatic heterocycles. The summed E-state index contributed by atoms with van der Waals surface area (Å²) in [6.45, 7) is 3.98. The number of fused-ring (bicyclic) bond motifs is 4. The van der Waals surface area contributed by atoms with Gasteiger partial charge in [-0.25, -0.2) is 0 Å². The highest BCUT2D eigenvalue weighted by molar-refractivity contribution is 9.10. The number of hydrogen-bond acceptors (Lipinski definition) is 5. The molecule has 2 aromatic rings. The topological polar surface area (TPSA) is 55.8 Å². The van der Waals surface area contributed by atoms with Crippen molar-refractivity contribution in [2.75, 3.05) is 11.4 Å². The second kappa shape index (κ2) is 6.84. The summed E-state index contributed by atoms with van der Waals surface area (Å²) in [4.78, 5) is 29.1. The van der Waals surface area contributed by atoms with Gasteiger partial charge in [0.2, 0.25) is 0 Å². The summed E-state index contributed by atoms with van der Waals surface area (Å²) in [6.07, 6.45) is 1.95. The second-order valence-electron chi connectivity index (χ2n) is 8.94. The molecule has 2 fully saturated rings. The molecular formula is C24H24BrNO4. The van der Waals surface area contributed by atoms with Crippen molar-refractivity contribution in [2.24, 2.45) is 5.41 Å². The molecule has 3 aliphatic rings. The summed E-state index contributed by atoms with van der Waals surface area (Å²) in [5.41, 5.74) is 1.95. The lowest BCUT2D eigenvalue weighted by Gasteiger charge is -2.54. The van der Waals surface area contributed by atoms with Crippen molar-refractivity contribution in [3.8, 4) is 0 Å². The molecule has 5 rings (SSSR count). The zero-order valence-corrected chi connectivity index (χ0v) is 18.6. The molecule has 2 aromatic carbocycles. The fraction of sp³-hybridized carbons (Fsp3) is 0.417. The van der Waals surface area contributed by atoms with Crippen LogP contribution in [0.1, 0.15) is 43.7 Å². The van der Waals surface area contributed by atoms with Crippen LogP contribution in [0.5, 0.6) is 0 Å². The number of carbonyl (C=O) groups is 2. The zero-order valence-electron chi connectivity index (χ0n) is 17.1. The Kier molecular flexibility index (Phi) is 4.47. The van der Waals surface area contributed by atoms with Crippen LogP contribution in [0, 0.1) is 5.41 Å². The number of carbonyl (C=O) groups excluding carboxylic acids is 2. The van der Waals surface area contributed by atoms with E-state index in [0.29, 0.717) is 12.8 Å². The maximum absolute atomic E-state index is 13.4. The highest BCUT2D eigenvalue weighted by Gasteiger charge is 2.64. The van der Waals surface area contributed by atoms with Gasteiger partial charge >= 0.3 is 11.9 Å². The van der Waals surface area contributed by atoms with E-state index >= 15 is 0 Å². The quantitative estimate of drug-likeness (QED) is 0.451. The first kappa shape index (κ1) is 19.6. The van der Waals surface area contributed by atoms with Gasteiger partial charge in [-0.15, -0.1) is 0 Å². The molecule has 30 heavy (non-hydrogen) atoms. The van der Waals surface area contributed by atoms with E-state index in [2.05, 4.69) is 39.0 Å². The van der Waals surface area contributed by atoms with Gasteiger partial charge in [-0.05, 0) is 42.0 Å². The van der Waals surface area contributed by atoms with Crippen LogP contribution < -0.4 is 4.90 Å². The number of anilines is 1. The highest BCUT2D eigenvalue weighted by Crippen LogP contribution is 2.51. The Bertz CT molecular complexity index is 999. The molecule has 6 heteroatoms. The van der Waals surface area contributed by atoms with E-state index in [0.717, 1.165) is 28.7 Å². The molecule has 0 radical (unpaired) electrons. The summed E-state index contributed by atoms with van der Waals surface area (Å²) >= 11 is 3.57. The predicted octanol–water partition coefficient (Wildman–Crippen LogP) is 4.58. The van der Waals surface area contributed by atoms with Gasteiger partial charge in [-0.2, -0.15) is 0 Å². The van der Waals surface area contributed by atoms with Gasteiger partial charge in [-0.1, -0.05) is 52.3 Å². The molecule has 1 spiro atoms. The largest absolute Gasteiger partial charge is 0.422 e. The molecule has 0 aromatic heterocycles. The smallest absolute Gasteiger partial charge is 0.329 e. The lowest BCUT2D eigenvalue weighted by molar-refractivity contribution is -0.253. The minimum absolute atomic E-state index is 0.272. The number of hydrogen-bond donors (Lipinski definition) is 0. The minimum Gasteiger partial charge on any atom is -0.422 e. The van der Waals surface area contributed by atoms with Gasteiger partial charge in [0.1, 0.15) is 0 Å². The maximum atomic E-state index is 13.4. The fourth-order valence-electron chi connectivity index (χ4n) is 5.27. The van der Waals surface area contributed by atoms with E-state index in [1.807, 2.05) is 30.3 Å². The number of esters is 2. The molecule has 0 aliphatic carbocycles. The van der Waals surface area contributed by atoms with Crippen LogP contribution in [0.25, 0.3) is 0 Å². The molecule has 0 saturated carbocycles. The van der Waals surface area contributed by atoms with Gasteiger partial charge < -0.3 is 14.4 Å². The normalized spacial score (nSPS) is 26.4. The second-order valence-corrected chi connectivity index (χ2v) is 9.86. The highest BCUT2D eigenvalue weighted by atomic mass is 79.9. The molecular weight excluding hydrogens is 446 g/mol. The van der Waals surface area contributed by atoms with Crippen molar-refractivity contribution in [1.29, 1.82) is 0 Å². The number of nitrogens with zero attached hydrogens (tertiary/aromatic N) is 1. The molecule has 0 bridgehead atoms. The van der Waals surface area contributed by atoms with Gasteiger partial charge in [0.25, 0.3) is 5.79 Å². The summed E-state index contributed by atoms with van der Waals surface area (Å²) in [6, 6.07) is 16.0. The Morgan fingerprint density at radius 3 is 2.43 bits per heavy atom. The first-order chi connectivity index (χ1) is 14.3. The fourth-order valence-corrected chi connectivity index (χ4v) is 5.62. The molecule has 0 amide bonds. The van der Waals surface area contributed by atoms with Crippen molar-refractivity contribution < 1.29 is 19.1 Å². The molecule has 3 heterocycles. The Labute approximate surface area is 184 Å². The van der Waals surface area contributed by atoms with E-state index in [4.69, 9.17) is 9.47 Å². The zero-order chi connectivity index (χ0) is 21.1. The van der Waals surface area contributed by atoms with Crippen molar-refractivity contribution in [3.05, 3.63) is 64.1 Å². The Balaban J connectivity index is 1.62. The summed E-state index contributed by atoms with van der Waals surface area (Å²) < 4.78 is 12.3. The minimum atomic E-state index is -1.34. The molecule has 5 nitrogen and oxygen atoms in total. The Morgan fingerprint density at radius 2 is 1.73 bits per heavy atom. The van der Waals surface area contributed by atoms with E-state index < -0.39 is 23.1 Å². The Hall–Kier alpha value is -2.34. The van der Waals surface area contributed by atoms with Crippen LogP contribution in [0.3, 0.4) is 0 Å². The Morgan fingerprint density at radius 1 is 1.03 bits per heavy atom. The van der Waals surface area contributed by atoms with Crippen molar-refractivity contribution in [2.45, 2.75) is 50.9 Å². The van der Waals surface area contributed by atoms with Crippen LogP contribution in [0.2, 0.25) is 0 Å². The number of piperidine rings is 1. The molecule has 2 saturated heterocycles. The number of benzene rings is 2. The van der Waals surface area contributed by atoms with E-state index in [1.54, 1.807) is 13.8 Å². The van der Waals surface area contributed by atoms with Crippen LogP contribution in [-0.2, 0) is 25.5 Å². The van der Waals surface area contributed by atoms with Crippen LogP contribution in [0.4, 0.5) is 5.69 Å². The number of cyclic esters (lactones) is 2. The average Bonchev–Trinajstić information content (AvgIpc) is 2.72. The monoisotopic (exact) mass is 469 g/mol. The number of rotatable bonds is 1. The predicted molar refractivity (Wildman–Crippen MR) is 116 cm³/mol. The first-order valence-corrected chi connectivity index (χ1v) is 11.2. The van der Waals surface area contributed by atoms with Crippen LogP contribution in [-0.4, -0.2) is 30.3 Å². The third-order valence-corrected chi connectivity index (χ3v) is 7.17. The van der Waals surface area contributed by atoms with Gasteiger partial charge in [0.05, 0.1) is 6.04 Å². The first-order valence-electron chi connectivity index (χ1n) is 10.4.